The number of fused-ring (bicyclic) bond motifs is 1. The maximum absolute atomic E-state index is 12.1. The molecule has 12 nitrogen and oxygen atoms in total. The van der Waals surface area contributed by atoms with Gasteiger partial charge in [0, 0.05) is 56.7 Å². The van der Waals surface area contributed by atoms with Crippen LogP contribution >= 0.6 is 27.3 Å². The topological polar surface area (TPSA) is 140 Å². The summed E-state index contributed by atoms with van der Waals surface area (Å²) in [6.07, 6.45) is 0.826. The van der Waals surface area contributed by atoms with E-state index in [9.17, 15) is 14.4 Å². The summed E-state index contributed by atoms with van der Waals surface area (Å²) in [6.45, 7) is 7.84. The average molecular weight is 633 g/mol. The molecule has 0 aliphatic carbocycles. The number of benzene rings is 1. The van der Waals surface area contributed by atoms with Crippen LogP contribution in [-0.2, 0) is 4.79 Å². The van der Waals surface area contributed by atoms with E-state index in [-0.39, 0.29) is 5.91 Å². The SMILES string of the molecule is CC1(C)C(=O)NC(=O)N1CCNc1ncc(Br)c(-c2cc3cc(OCCN4CCN(C(=O)O)CC4)ccc3s2)n1. The fourth-order valence-corrected chi connectivity index (χ4v) is 6.25. The smallest absolute Gasteiger partial charge is 0.407 e. The fourth-order valence-electron chi connectivity index (χ4n) is 4.66. The van der Waals surface area contributed by atoms with Gasteiger partial charge in [-0.15, -0.1) is 11.3 Å². The Kier molecular flexibility index (Phi) is 8.10. The van der Waals surface area contributed by atoms with Crippen LogP contribution in [0.4, 0.5) is 15.5 Å². The van der Waals surface area contributed by atoms with Crippen LogP contribution in [-0.4, -0.2) is 106 Å². The van der Waals surface area contributed by atoms with Crippen molar-refractivity contribution in [1.29, 1.82) is 0 Å². The van der Waals surface area contributed by atoms with Crippen molar-refractivity contribution in [2.45, 2.75) is 19.4 Å². The molecule has 212 valence electrons. The molecule has 4 heterocycles. The van der Waals surface area contributed by atoms with E-state index in [1.54, 1.807) is 31.4 Å². The third kappa shape index (κ3) is 5.98. The molecule has 0 spiro atoms. The van der Waals surface area contributed by atoms with Crippen LogP contribution in [0.1, 0.15) is 13.8 Å². The molecule has 2 saturated heterocycles. The first-order valence-corrected chi connectivity index (χ1v) is 14.5. The Morgan fingerprint density at radius 2 is 1.98 bits per heavy atom. The van der Waals surface area contributed by atoms with E-state index >= 15 is 0 Å². The van der Waals surface area contributed by atoms with Crippen molar-refractivity contribution < 1.29 is 24.2 Å². The second-order valence-electron chi connectivity index (χ2n) is 10.1. The second-order valence-corrected chi connectivity index (χ2v) is 12.0. The van der Waals surface area contributed by atoms with Crippen LogP contribution in [0.2, 0.25) is 0 Å². The summed E-state index contributed by atoms with van der Waals surface area (Å²) in [5.41, 5.74) is -0.155. The minimum Gasteiger partial charge on any atom is -0.492 e. The number of piperazine rings is 1. The lowest BCUT2D eigenvalue weighted by Gasteiger charge is -2.32. The van der Waals surface area contributed by atoms with Gasteiger partial charge in [-0.05, 0) is 59.4 Å². The number of nitrogens with zero attached hydrogens (tertiary/aromatic N) is 5. The summed E-state index contributed by atoms with van der Waals surface area (Å²) >= 11 is 5.18. The van der Waals surface area contributed by atoms with Gasteiger partial charge in [0.15, 0.2) is 0 Å². The molecule has 2 aliphatic heterocycles. The Labute approximate surface area is 243 Å². The molecule has 1 aromatic carbocycles. The van der Waals surface area contributed by atoms with Gasteiger partial charge in [-0.3, -0.25) is 15.0 Å². The van der Waals surface area contributed by atoms with E-state index < -0.39 is 17.7 Å². The highest BCUT2D eigenvalue weighted by atomic mass is 79.9. The summed E-state index contributed by atoms with van der Waals surface area (Å²) in [6, 6.07) is 7.66. The maximum atomic E-state index is 12.1. The molecule has 3 aromatic rings. The number of hydrogen-bond acceptors (Lipinski definition) is 9. The Bertz CT molecular complexity index is 1440. The van der Waals surface area contributed by atoms with Gasteiger partial charge < -0.3 is 25.0 Å². The number of thiophene rings is 1. The molecule has 0 atom stereocenters. The molecule has 0 bridgehead atoms. The van der Waals surface area contributed by atoms with Crippen molar-refractivity contribution in [3.63, 3.8) is 0 Å². The molecular weight excluding hydrogens is 602 g/mol. The fraction of sp³-hybridized carbons (Fsp3) is 0.423. The van der Waals surface area contributed by atoms with E-state index in [0.29, 0.717) is 51.8 Å². The normalized spacial score (nSPS) is 17.4. The zero-order valence-corrected chi connectivity index (χ0v) is 24.5. The van der Waals surface area contributed by atoms with Crippen molar-refractivity contribution in [3.05, 3.63) is 34.9 Å². The molecule has 4 amide bonds. The number of amides is 4. The number of anilines is 1. The van der Waals surface area contributed by atoms with E-state index in [0.717, 1.165) is 37.4 Å². The van der Waals surface area contributed by atoms with Crippen molar-refractivity contribution in [1.82, 2.24) is 30.0 Å². The predicted molar refractivity (Wildman–Crippen MR) is 155 cm³/mol. The number of ether oxygens (including phenoxy) is 1. The summed E-state index contributed by atoms with van der Waals surface area (Å²) < 4.78 is 7.85. The van der Waals surface area contributed by atoms with Crippen LogP contribution in [0.15, 0.2) is 34.9 Å². The van der Waals surface area contributed by atoms with Gasteiger partial charge in [0.25, 0.3) is 5.91 Å². The highest BCUT2D eigenvalue weighted by Crippen LogP contribution is 2.37. The van der Waals surface area contributed by atoms with E-state index in [2.05, 4.69) is 42.5 Å². The van der Waals surface area contributed by atoms with Gasteiger partial charge in [-0.25, -0.2) is 19.6 Å². The van der Waals surface area contributed by atoms with Crippen molar-refractivity contribution in [2.24, 2.45) is 0 Å². The first-order chi connectivity index (χ1) is 19.1. The Hall–Kier alpha value is -3.49. The molecule has 0 saturated carbocycles. The first-order valence-electron chi connectivity index (χ1n) is 12.9. The van der Waals surface area contributed by atoms with Crippen LogP contribution in [0.5, 0.6) is 5.75 Å². The lowest BCUT2D eigenvalue weighted by Crippen LogP contribution is -2.49. The van der Waals surface area contributed by atoms with Crippen molar-refractivity contribution in [3.8, 4) is 16.3 Å². The minimum atomic E-state index is -0.901. The Morgan fingerprint density at radius 1 is 1.20 bits per heavy atom. The summed E-state index contributed by atoms with van der Waals surface area (Å²) in [5, 5.41) is 15.6. The standard InChI is InChI=1S/C26H30BrN7O5S/c1-26(2)22(35)31-24(36)34(26)6-5-28-23-29-15-18(27)21(30-23)20-14-16-13-17(3-4-19(16)40-20)39-12-11-32-7-9-33(10-8-32)25(37)38/h3-4,13-15H,5-12H2,1-2H3,(H,37,38)(H,28,29,30)(H,31,35,36). The van der Waals surface area contributed by atoms with Crippen molar-refractivity contribution in [2.75, 3.05) is 57.7 Å². The zero-order chi connectivity index (χ0) is 28.4. The van der Waals surface area contributed by atoms with Gasteiger partial charge in [0.2, 0.25) is 5.95 Å². The molecule has 2 aliphatic rings. The van der Waals surface area contributed by atoms with Gasteiger partial charge in [-0.2, -0.15) is 0 Å². The maximum Gasteiger partial charge on any atom is 0.407 e. The number of halogens is 1. The van der Waals surface area contributed by atoms with Gasteiger partial charge in [0.05, 0.1) is 9.35 Å². The number of carbonyl (C=O) groups excluding carboxylic acids is 2. The van der Waals surface area contributed by atoms with Crippen LogP contribution in [0, 0.1) is 0 Å². The molecule has 0 unspecified atom stereocenters. The van der Waals surface area contributed by atoms with E-state index in [1.807, 2.05) is 18.2 Å². The molecule has 14 heteroatoms. The third-order valence-corrected chi connectivity index (χ3v) is 8.80. The molecule has 5 rings (SSSR count). The lowest BCUT2D eigenvalue weighted by molar-refractivity contribution is -0.125. The molecule has 2 aromatic heterocycles. The number of aromatic nitrogens is 2. The average Bonchev–Trinajstić information content (AvgIpc) is 3.42. The Balaban J connectivity index is 1.19. The number of carbonyl (C=O) groups is 3. The van der Waals surface area contributed by atoms with E-state index in [1.165, 1.54) is 9.80 Å². The van der Waals surface area contributed by atoms with Gasteiger partial charge >= 0.3 is 12.1 Å². The molecule has 0 radical (unpaired) electrons. The van der Waals surface area contributed by atoms with Crippen LogP contribution in [0.25, 0.3) is 20.7 Å². The van der Waals surface area contributed by atoms with Crippen LogP contribution < -0.4 is 15.4 Å². The highest BCUT2D eigenvalue weighted by Gasteiger charge is 2.45. The van der Waals surface area contributed by atoms with Crippen LogP contribution in [0.3, 0.4) is 0 Å². The molecule has 2 fully saturated rings. The summed E-state index contributed by atoms with van der Waals surface area (Å²) in [7, 11) is 0. The number of urea groups is 1. The number of imide groups is 1. The number of rotatable bonds is 9. The molecule has 40 heavy (non-hydrogen) atoms. The highest BCUT2D eigenvalue weighted by molar-refractivity contribution is 9.10. The van der Waals surface area contributed by atoms with Gasteiger partial charge in [0.1, 0.15) is 23.6 Å². The quantitative estimate of drug-likeness (QED) is 0.302. The predicted octanol–water partition coefficient (Wildman–Crippen LogP) is 3.54. The van der Waals surface area contributed by atoms with E-state index in [4.69, 9.17) is 14.8 Å². The molecular formula is C26H30BrN7O5S. The zero-order valence-electron chi connectivity index (χ0n) is 22.1. The summed E-state index contributed by atoms with van der Waals surface area (Å²) in [4.78, 5) is 50.3. The first kappa shape index (κ1) is 28.1. The minimum absolute atomic E-state index is 0.311. The van der Waals surface area contributed by atoms with Gasteiger partial charge in [-0.1, -0.05) is 0 Å². The number of hydrogen-bond donors (Lipinski definition) is 3. The second kappa shape index (κ2) is 11.6. The van der Waals surface area contributed by atoms with Crippen molar-refractivity contribution >= 4 is 61.3 Å². The Morgan fingerprint density at radius 3 is 2.67 bits per heavy atom. The summed E-state index contributed by atoms with van der Waals surface area (Å²) in [5.74, 6) is 0.888. The molecule has 3 N–H and O–H groups in total. The largest absolute Gasteiger partial charge is 0.492 e. The number of nitrogens with one attached hydrogen (secondary N) is 2. The lowest BCUT2D eigenvalue weighted by atomic mass is 10.0. The monoisotopic (exact) mass is 631 g/mol. The number of carboxylic acid groups (broad SMARTS) is 1. The third-order valence-electron chi connectivity index (χ3n) is 7.10.